The van der Waals surface area contributed by atoms with Crippen LogP contribution in [0.1, 0.15) is 36.5 Å². The first-order chi connectivity index (χ1) is 16.8. The van der Waals surface area contributed by atoms with E-state index in [4.69, 9.17) is 0 Å². The second-order valence-corrected chi connectivity index (χ2v) is 8.02. The van der Waals surface area contributed by atoms with Crippen molar-refractivity contribution < 1.29 is 49.4 Å². The Bertz CT molecular complexity index is 1220. The lowest BCUT2D eigenvalue weighted by atomic mass is 9.94. The third-order valence-corrected chi connectivity index (χ3v) is 5.40. The average Bonchev–Trinajstić information content (AvgIpc) is 2.75. The number of unbranched alkanes of at least 4 members (excludes halogenated alkanes) is 1. The van der Waals surface area contributed by atoms with Gasteiger partial charge >= 0.3 is 6.36 Å². The summed E-state index contributed by atoms with van der Waals surface area (Å²) in [5.41, 5.74) is -2.58. The number of halogens is 9. The van der Waals surface area contributed by atoms with Crippen LogP contribution in [-0.4, -0.2) is 11.5 Å². The molecule has 3 aromatic carbocycles. The van der Waals surface area contributed by atoms with Gasteiger partial charge in [-0.15, -0.1) is 13.2 Å². The average molecular weight is 522 g/mol. The molecule has 0 spiro atoms. The van der Waals surface area contributed by atoms with Crippen molar-refractivity contribution in [3.63, 3.8) is 0 Å². The van der Waals surface area contributed by atoms with E-state index in [9.17, 15) is 40.2 Å². The van der Waals surface area contributed by atoms with E-state index in [1.54, 1.807) is 0 Å². The minimum atomic E-state index is -5.35. The molecule has 1 N–H and O–H groups in total. The second kappa shape index (κ2) is 10.7. The van der Waals surface area contributed by atoms with Crippen LogP contribution in [0.5, 0.6) is 11.5 Å². The molecule has 0 saturated heterocycles. The fraction of sp³-hybridized carbons (Fsp3) is 0.280. The number of benzene rings is 3. The van der Waals surface area contributed by atoms with Crippen LogP contribution in [-0.2, 0) is 19.3 Å². The molecule has 0 amide bonds. The number of rotatable bonds is 8. The Labute approximate surface area is 199 Å². The standard InChI is InChI=1S/C25H19F9O2/c1-2-3-4-12-7-16(27)21(17(28)8-12)22-20(35)11-15(26)14(23(22)31)6-5-13-9-18(29)24(19(30)10-13)36-25(32,33)34/h7-11,35H,2-6H2,1H3. The van der Waals surface area contributed by atoms with E-state index in [-0.39, 0.29) is 5.56 Å². The van der Waals surface area contributed by atoms with Crippen molar-refractivity contribution in [2.45, 2.75) is 45.4 Å². The highest BCUT2D eigenvalue weighted by molar-refractivity contribution is 5.73. The van der Waals surface area contributed by atoms with Crippen LogP contribution in [0.3, 0.4) is 0 Å². The van der Waals surface area contributed by atoms with Crippen molar-refractivity contribution in [2.75, 3.05) is 0 Å². The van der Waals surface area contributed by atoms with Crippen LogP contribution >= 0.6 is 0 Å². The Morgan fingerprint density at radius 2 is 1.22 bits per heavy atom. The maximum absolute atomic E-state index is 15.2. The van der Waals surface area contributed by atoms with E-state index >= 15 is 4.39 Å². The van der Waals surface area contributed by atoms with E-state index in [2.05, 4.69) is 4.74 Å². The zero-order valence-electron chi connectivity index (χ0n) is 18.7. The lowest BCUT2D eigenvalue weighted by Crippen LogP contribution is -2.19. The molecule has 0 aliphatic heterocycles. The molecule has 0 aromatic heterocycles. The summed E-state index contributed by atoms with van der Waals surface area (Å²) in [5.74, 6) is -11.3. The summed E-state index contributed by atoms with van der Waals surface area (Å²) < 4.78 is 127. The van der Waals surface area contributed by atoms with Gasteiger partial charge in [0.15, 0.2) is 11.6 Å². The molecule has 194 valence electrons. The van der Waals surface area contributed by atoms with Gasteiger partial charge in [-0.2, -0.15) is 0 Å². The number of ether oxygens (including phenoxy) is 1. The molecule has 0 unspecified atom stereocenters. The normalized spacial score (nSPS) is 11.7. The Balaban J connectivity index is 1.95. The molecule has 0 heterocycles. The molecule has 3 rings (SSSR count). The first kappa shape index (κ1) is 27.2. The zero-order valence-corrected chi connectivity index (χ0v) is 18.7. The van der Waals surface area contributed by atoms with Gasteiger partial charge in [-0.1, -0.05) is 13.3 Å². The summed E-state index contributed by atoms with van der Waals surface area (Å²) in [6, 6.07) is 3.39. The Kier molecular flexibility index (Phi) is 8.10. The molecular weight excluding hydrogens is 503 g/mol. The lowest BCUT2D eigenvalue weighted by molar-refractivity contribution is -0.276. The minimum Gasteiger partial charge on any atom is -0.507 e. The molecule has 0 saturated carbocycles. The molecule has 36 heavy (non-hydrogen) atoms. The molecule has 11 heteroatoms. The van der Waals surface area contributed by atoms with Gasteiger partial charge in [0.05, 0.1) is 11.1 Å². The summed E-state index contributed by atoms with van der Waals surface area (Å²) in [4.78, 5) is 0. The van der Waals surface area contributed by atoms with Crippen molar-refractivity contribution in [1.29, 1.82) is 0 Å². The highest BCUT2D eigenvalue weighted by Crippen LogP contribution is 2.39. The fourth-order valence-corrected chi connectivity index (χ4v) is 3.74. The van der Waals surface area contributed by atoms with Crippen molar-refractivity contribution >= 4 is 0 Å². The molecule has 0 atom stereocenters. The van der Waals surface area contributed by atoms with Crippen LogP contribution in [0.15, 0.2) is 30.3 Å². The van der Waals surface area contributed by atoms with Crippen molar-refractivity contribution in [3.8, 4) is 22.6 Å². The van der Waals surface area contributed by atoms with Gasteiger partial charge in [0.25, 0.3) is 0 Å². The molecule has 0 radical (unpaired) electrons. The van der Waals surface area contributed by atoms with Gasteiger partial charge in [0, 0.05) is 11.6 Å². The summed E-state index contributed by atoms with van der Waals surface area (Å²) in [6.45, 7) is 1.88. The lowest BCUT2D eigenvalue weighted by Gasteiger charge is -2.15. The summed E-state index contributed by atoms with van der Waals surface area (Å²) in [6.07, 6.45) is -4.68. The van der Waals surface area contributed by atoms with Crippen LogP contribution in [0.4, 0.5) is 39.5 Å². The number of hydrogen-bond donors (Lipinski definition) is 1. The Hall–Kier alpha value is -3.37. The van der Waals surface area contributed by atoms with E-state index in [0.717, 1.165) is 18.6 Å². The van der Waals surface area contributed by atoms with Crippen LogP contribution in [0, 0.1) is 34.9 Å². The van der Waals surface area contributed by atoms with Crippen molar-refractivity contribution in [2.24, 2.45) is 0 Å². The first-order valence-corrected chi connectivity index (χ1v) is 10.7. The third-order valence-electron chi connectivity index (χ3n) is 5.40. The number of phenolic OH excluding ortho intramolecular Hbond substituents is 1. The Morgan fingerprint density at radius 3 is 1.75 bits per heavy atom. The molecular formula is C25H19F9O2. The van der Waals surface area contributed by atoms with Crippen molar-refractivity contribution in [1.82, 2.24) is 0 Å². The molecule has 0 aliphatic rings. The Morgan fingerprint density at radius 1 is 0.694 bits per heavy atom. The quantitative estimate of drug-likeness (QED) is 0.305. The smallest absolute Gasteiger partial charge is 0.507 e. The molecule has 3 aromatic rings. The highest BCUT2D eigenvalue weighted by atomic mass is 19.4. The van der Waals surface area contributed by atoms with E-state index in [0.29, 0.717) is 36.6 Å². The molecule has 0 fully saturated rings. The number of phenols is 1. The van der Waals surface area contributed by atoms with Gasteiger partial charge < -0.3 is 9.84 Å². The monoisotopic (exact) mass is 522 g/mol. The summed E-state index contributed by atoms with van der Waals surface area (Å²) in [7, 11) is 0. The zero-order chi connectivity index (χ0) is 26.8. The predicted octanol–water partition coefficient (Wildman–Crippen LogP) is 7.92. The van der Waals surface area contributed by atoms with Gasteiger partial charge in [-0.05, 0) is 61.1 Å². The van der Waals surface area contributed by atoms with Crippen molar-refractivity contribution in [3.05, 3.63) is 81.9 Å². The van der Waals surface area contributed by atoms with Crippen LogP contribution < -0.4 is 4.74 Å². The number of hydrogen-bond acceptors (Lipinski definition) is 2. The van der Waals surface area contributed by atoms with Gasteiger partial charge in [0.2, 0.25) is 5.75 Å². The topological polar surface area (TPSA) is 29.5 Å². The number of aromatic hydroxyl groups is 1. The summed E-state index contributed by atoms with van der Waals surface area (Å²) >= 11 is 0. The minimum absolute atomic E-state index is 0.273. The van der Waals surface area contributed by atoms with E-state index in [1.807, 2.05) is 6.92 Å². The fourth-order valence-electron chi connectivity index (χ4n) is 3.74. The van der Waals surface area contributed by atoms with Crippen LogP contribution in [0.25, 0.3) is 11.1 Å². The van der Waals surface area contributed by atoms with Gasteiger partial charge in [-0.25, -0.2) is 26.3 Å². The number of alkyl halides is 3. The molecule has 0 bridgehead atoms. The van der Waals surface area contributed by atoms with E-state index in [1.165, 1.54) is 0 Å². The van der Waals surface area contributed by atoms with E-state index < -0.39 is 82.3 Å². The highest BCUT2D eigenvalue weighted by Gasteiger charge is 2.34. The first-order valence-electron chi connectivity index (χ1n) is 10.7. The largest absolute Gasteiger partial charge is 0.573 e. The number of aryl methyl sites for hydroxylation is 2. The van der Waals surface area contributed by atoms with Crippen LogP contribution in [0.2, 0.25) is 0 Å². The predicted molar refractivity (Wildman–Crippen MR) is 112 cm³/mol. The molecule has 2 nitrogen and oxygen atoms in total. The summed E-state index contributed by atoms with van der Waals surface area (Å²) in [5, 5.41) is 10.1. The van der Waals surface area contributed by atoms with Gasteiger partial charge in [-0.3, -0.25) is 0 Å². The molecule has 0 aliphatic carbocycles. The maximum atomic E-state index is 15.2. The maximum Gasteiger partial charge on any atom is 0.573 e. The van der Waals surface area contributed by atoms with Gasteiger partial charge in [0.1, 0.15) is 29.0 Å². The third kappa shape index (κ3) is 6.06. The SMILES string of the molecule is CCCCc1cc(F)c(-c2c(O)cc(F)c(CCc3cc(F)c(OC(F)(F)F)c(F)c3)c2F)c(F)c1. The second-order valence-electron chi connectivity index (χ2n) is 8.02.